The van der Waals surface area contributed by atoms with Gasteiger partial charge in [0, 0.05) is 5.56 Å². The van der Waals surface area contributed by atoms with E-state index in [0.717, 1.165) is 31.7 Å². The van der Waals surface area contributed by atoms with Crippen LogP contribution >= 0.6 is 0 Å². The summed E-state index contributed by atoms with van der Waals surface area (Å²) >= 11 is 0. The van der Waals surface area contributed by atoms with E-state index in [9.17, 15) is 4.79 Å². The summed E-state index contributed by atoms with van der Waals surface area (Å²) < 4.78 is 5.75. The molecule has 1 heterocycles. The zero-order valence-electron chi connectivity index (χ0n) is 10.3. The van der Waals surface area contributed by atoms with Crippen LogP contribution in [0, 0.1) is 5.92 Å². The third-order valence-corrected chi connectivity index (χ3v) is 3.34. The summed E-state index contributed by atoms with van der Waals surface area (Å²) in [5.74, 6) is 1.52. The van der Waals surface area contributed by atoms with Gasteiger partial charge in [0.05, 0.1) is 6.61 Å². The molecule has 0 atom stereocenters. The van der Waals surface area contributed by atoms with Crippen LogP contribution in [0.3, 0.4) is 0 Å². The number of likely N-dealkylation sites (tertiary alicyclic amines) is 1. The van der Waals surface area contributed by atoms with Crippen molar-refractivity contribution in [3.63, 3.8) is 0 Å². The van der Waals surface area contributed by atoms with E-state index in [-0.39, 0.29) is 0 Å². The van der Waals surface area contributed by atoms with E-state index in [1.807, 2.05) is 12.1 Å². The van der Waals surface area contributed by atoms with Gasteiger partial charge < -0.3 is 9.64 Å². The van der Waals surface area contributed by atoms with E-state index in [0.29, 0.717) is 11.5 Å². The Kier molecular flexibility index (Phi) is 4.15. The summed E-state index contributed by atoms with van der Waals surface area (Å²) in [5.41, 5.74) is 0.691. The van der Waals surface area contributed by atoms with Crippen molar-refractivity contribution >= 4 is 6.29 Å². The molecule has 17 heavy (non-hydrogen) atoms. The number of hydrogen-bond donors (Lipinski definition) is 0. The van der Waals surface area contributed by atoms with Gasteiger partial charge in [-0.25, -0.2) is 0 Å². The minimum Gasteiger partial charge on any atom is -0.493 e. The lowest BCUT2D eigenvalue weighted by atomic mass is 9.98. The first kappa shape index (κ1) is 12.1. The Labute approximate surface area is 102 Å². The predicted octanol–water partition coefficient (Wildman–Crippen LogP) is 2.22. The Morgan fingerprint density at radius 3 is 2.53 bits per heavy atom. The minimum atomic E-state index is 0.664. The smallest absolute Gasteiger partial charge is 0.150 e. The maximum atomic E-state index is 10.5. The Hall–Kier alpha value is -1.35. The van der Waals surface area contributed by atoms with Crippen molar-refractivity contribution in [1.82, 2.24) is 4.90 Å². The predicted molar refractivity (Wildman–Crippen MR) is 67.5 cm³/mol. The molecule has 1 aliphatic heterocycles. The number of aldehydes is 1. The third kappa shape index (κ3) is 3.56. The first-order valence-electron chi connectivity index (χ1n) is 6.14. The lowest BCUT2D eigenvalue weighted by Gasteiger charge is -2.28. The molecular weight excluding hydrogens is 214 g/mol. The van der Waals surface area contributed by atoms with Crippen molar-refractivity contribution in [3.8, 4) is 5.75 Å². The van der Waals surface area contributed by atoms with Crippen molar-refractivity contribution < 1.29 is 9.53 Å². The highest BCUT2D eigenvalue weighted by Gasteiger charge is 2.16. The van der Waals surface area contributed by atoms with Crippen LogP contribution in [-0.2, 0) is 0 Å². The maximum Gasteiger partial charge on any atom is 0.150 e. The van der Waals surface area contributed by atoms with Crippen LogP contribution in [0.4, 0.5) is 0 Å². The van der Waals surface area contributed by atoms with Crippen molar-refractivity contribution in [2.24, 2.45) is 5.92 Å². The van der Waals surface area contributed by atoms with Crippen LogP contribution < -0.4 is 4.74 Å². The summed E-state index contributed by atoms with van der Waals surface area (Å²) in [7, 11) is 2.16. The maximum absolute atomic E-state index is 10.5. The SMILES string of the molecule is CN1CCC(COc2ccc(C=O)cc2)CC1. The van der Waals surface area contributed by atoms with Gasteiger partial charge in [-0.2, -0.15) is 0 Å². The lowest BCUT2D eigenvalue weighted by Crippen LogP contribution is -2.32. The van der Waals surface area contributed by atoms with Crippen molar-refractivity contribution in [1.29, 1.82) is 0 Å². The normalized spacial score (nSPS) is 17.9. The van der Waals surface area contributed by atoms with Crippen molar-refractivity contribution in [3.05, 3.63) is 29.8 Å². The molecule has 1 fully saturated rings. The number of carbonyl (C=O) groups is 1. The molecule has 0 amide bonds. The van der Waals surface area contributed by atoms with Gasteiger partial charge in [-0.15, -0.1) is 0 Å². The second kappa shape index (κ2) is 5.82. The number of benzene rings is 1. The first-order valence-corrected chi connectivity index (χ1v) is 6.14. The van der Waals surface area contributed by atoms with Crippen molar-refractivity contribution in [2.75, 3.05) is 26.7 Å². The van der Waals surface area contributed by atoms with Crippen LogP contribution in [0.15, 0.2) is 24.3 Å². The highest BCUT2D eigenvalue weighted by Crippen LogP contribution is 2.18. The number of piperidine rings is 1. The molecule has 0 radical (unpaired) electrons. The summed E-state index contributed by atoms with van der Waals surface area (Å²) in [6.45, 7) is 3.12. The van der Waals surface area contributed by atoms with Crippen LogP contribution in [0.5, 0.6) is 5.75 Å². The summed E-state index contributed by atoms with van der Waals surface area (Å²) in [4.78, 5) is 12.9. The average Bonchev–Trinajstić information content (AvgIpc) is 2.39. The molecule has 3 heteroatoms. The second-order valence-corrected chi connectivity index (χ2v) is 4.74. The minimum absolute atomic E-state index is 0.664. The van der Waals surface area contributed by atoms with Gasteiger partial charge in [-0.1, -0.05) is 0 Å². The molecule has 0 bridgehead atoms. The van der Waals surface area contributed by atoms with Gasteiger partial charge in [-0.05, 0) is 63.2 Å². The zero-order valence-corrected chi connectivity index (χ0v) is 10.3. The molecule has 2 rings (SSSR count). The van der Waals surface area contributed by atoms with E-state index >= 15 is 0 Å². The molecule has 92 valence electrons. The fourth-order valence-corrected chi connectivity index (χ4v) is 2.09. The van der Waals surface area contributed by atoms with E-state index in [1.165, 1.54) is 12.8 Å². The molecule has 0 unspecified atom stereocenters. The molecule has 1 aromatic rings. The standard InChI is InChI=1S/C14H19NO2/c1-15-8-6-13(7-9-15)11-17-14-4-2-12(10-16)3-5-14/h2-5,10,13H,6-9,11H2,1H3. The molecular formula is C14H19NO2. The highest BCUT2D eigenvalue weighted by atomic mass is 16.5. The van der Waals surface area contributed by atoms with E-state index in [1.54, 1.807) is 12.1 Å². The molecule has 0 saturated carbocycles. The molecule has 1 aliphatic rings. The van der Waals surface area contributed by atoms with Gasteiger partial charge >= 0.3 is 0 Å². The van der Waals surface area contributed by atoms with Crippen LogP contribution in [0.25, 0.3) is 0 Å². The second-order valence-electron chi connectivity index (χ2n) is 4.74. The molecule has 1 aromatic carbocycles. The van der Waals surface area contributed by atoms with Gasteiger partial charge in [0.25, 0.3) is 0 Å². The Balaban J connectivity index is 1.79. The topological polar surface area (TPSA) is 29.5 Å². The lowest BCUT2D eigenvalue weighted by molar-refractivity contribution is 0.112. The van der Waals surface area contributed by atoms with E-state index in [4.69, 9.17) is 4.74 Å². The van der Waals surface area contributed by atoms with Crippen LogP contribution in [0.1, 0.15) is 23.2 Å². The molecule has 0 spiro atoms. The van der Waals surface area contributed by atoms with E-state index in [2.05, 4.69) is 11.9 Å². The quantitative estimate of drug-likeness (QED) is 0.747. The molecule has 0 aromatic heterocycles. The number of rotatable bonds is 4. The highest BCUT2D eigenvalue weighted by molar-refractivity contribution is 5.74. The van der Waals surface area contributed by atoms with Crippen LogP contribution in [0.2, 0.25) is 0 Å². The van der Waals surface area contributed by atoms with Gasteiger partial charge in [0.15, 0.2) is 0 Å². The molecule has 0 aliphatic carbocycles. The number of ether oxygens (including phenoxy) is 1. The summed E-state index contributed by atoms with van der Waals surface area (Å²) in [6.07, 6.45) is 3.27. The average molecular weight is 233 g/mol. The fourth-order valence-electron chi connectivity index (χ4n) is 2.09. The largest absolute Gasteiger partial charge is 0.493 e. The summed E-state index contributed by atoms with van der Waals surface area (Å²) in [5, 5.41) is 0. The molecule has 1 saturated heterocycles. The first-order chi connectivity index (χ1) is 8.28. The Bertz CT molecular complexity index is 353. The molecule has 3 nitrogen and oxygen atoms in total. The number of hydrogen-bond acceptors (Lipinski definition) is 3. The van der Waals surface area contributed by atoms with Gasteiger partial charge in [0.2, 0.25) is 0 Å². The Morgan fingerprint density at radius 1 is 1.29 bits per heavy atom. The Morgan fingerprint density at radius 2 is 1.94 bits per heavy atom. The monoisotopic (exact) mass is 233 g/mol. The van der Waals surface area contributed by atoms with Gasteiger partial charge in [-0.3, -0.25) is 4.79 Å². The summed E-state index contributed by atoms with van der Waals surface area (Å²) in [6, 6.07) is 7.30. The van der Waals surface area contributed by atoms with Gasteiger partial charge in [0.1, 0.15) is 12.0 Å². The zero-order chi connectivity index (χ0) is 12.1. The number of carbonyl (C=O) groups excluding carboxylic acids is 1. The van der Waals surface area contributed by atoms with E-state index < -0.39 is 0 Å². The fraction of sp³-hybridized carbons (Fsp3) is 0.500. The van der Waals surface area contributed by atoms with Crippen molar-refractivity contribution in [2.45, 2.75) is 12.8 Å². The molecule has 0 N–H and O–H groups in total. The number of nitrogens with zero attached hydrogens (tertiary/aromatic N) is 1. The third-order valence-electron chi connectivity index (χ3n) is 3.34. The van der Waals surface area contributed by atoms with Crippen LogP contribution in [-0.4, -0.2) is 37.9 Å².